The molecule has 1 aliphatic rings. The smallest absolute Gasteiger partial charge is 0.417 e. The Bertz CT molecular complexity index is 661. The fraction of sp³-hybridized carbons (Fsp3) is 0.429. The number of allylic oxidation sites excluding steroid dienone is 3. The highest BCUT2D eigenvalue weighted by molar-refractivity contribution is 5.94. The number of imide groups is 1. The molecule has 25 heavy (non-hydrogen) atoms. The van der Waals surface area contributed by atoms with E-state index in [1.165, 1.54) is 10.5 Å². The first-order valence-corrected chi connectivity index (χ1v) is 8.67. The maximum absolute atomic E-state index is 12.9. The number of ether oxygens (including phenoxy) is 1. The highest BCUT2D eigenvalue weighted by Crippen LogP contribution is 2.34. The maximum atomic E-state index is 12.9. The number of amides is 2. The Hall–Kier alpha value is -2.36. The molecule has 0 radical (unpaired) electrons. The predicted octanol–water partition coefficient (Wildman–Crippen LogP) is 5.04. The van der Waals surface area contributed by atoms with E-state index in [2.05, 4.69) is 26.5 Å². The van der Waals surface area contributed by atoms with Gasteiger partial charge in [0.2, 0.25) is 5.91 Å². The number of rotatable bonds is 7. The molecule has 0 unspecified atom stereocenters. The molecule has 2 amide bonds. The average Bonchev–Trinajstić information content (AvgIpc) is 2.97. The lowest BCUT2D eigenvalue weighted by Gasteiger charge is -2.28. The van der Waals surface area contributed by atoms with Crippen LogP contribution in [0.4, 0.5) is 4.79 Å². The summed E-state index contributed by atoms with van der Waals surface area (Å²) in [4.78, 5) is 26.3. The molecule has 0 aliphatic carbocycles. The minimum absolute atomic E-state index is 0.206. The third-order valence-corrected chi connectivity index (χ3v) is 4.64. The van der Waals surface area contributed by atoms with Crippen LogP contribution in [-0.2, 0) is 9.53 Å². The van der Waals surface area contributed by atoms with Gasteiger partial charge >= 0.3 is 6.09 Å². The Morgan fingerprint density at radius 2 is 2.04 bits per heavy atom. The van der Waals surface area contributed by atoms with E-state index in [0.29, 0.717) is 0 Å². The van der Waals surface area contributed by atoms with E-state index in [1.807, 2.05) is 43.3 Å². The van der Waals surface area contributed by atoms with Gasteiger partial charge in [0.1, 0.15) is 12.6 Å². The Morgan fingerprint density at radius 1 is 1.36 bits per heavy atom. The molecule has 134 valence electrons. The van der Waals surface area contributed by atoms with E-state index in [-0.39, 0.29) is 30.4 Å². The first-order chi connectivity index (χ1) is 11.9. The number of hydrogen-bond donors (Lipinski definition) is 0. The Kier molecular flexibility index (Phi) is 6.18. The summed E-state index contributed by atoms with van der Waals surface area (Å²) in [5, 5.41) is 0. The van der Waals surface area contributed by atoms with Crippen LogP contribution < -0.4 is 0 Å². The summed E-state index contributed by atoms with van der Waals surface area (Å²) in [6.45, 7) is 10.2. The van der Waals surface area contributed by atoms with Gasteiger partial charge < -0.3 is 4.74 Å². The minimum atomic E-state index is -0.561. The number of cyclic esters (lactones) is 1. The third kappa shape index (κ3) is 4.81. The topological polar surface area (TPSA) is 46.6 Å². The Labute approximate surface area is 150 Å². The molecule has 4 nitrogen and oxygen atoms in total. The predicted molar refractivity (Wildman–Crippen MR) is 99.0 cm³/mol. The van der Waals surface area contributed by atoms with Crippen molar-refractivity contribution in [1.82, 2.24) is 4.90 Å². The van der Waals surface area contributed by atoms with Crippen molar-refractivity contribution in [3.8, 4) is 0 Å². The van der Waals surface area contributed by atoms with Gasteiger partial charge in [-0.05, 0) is 37.7 Å². The van der Waals surface area contributed by atoms with Crippen LogP contribution in [0.25, 0.3) is 0 Å². The Balaban J connectivity index is 2.12. The molecule has 0 N–H and O–H groups in total. The largest absolute Gasteiger partial charge is 0.446 e. The van der Waals surface area contributed by atoms with Gasteiger partial charge in [0.15, 0.2) is 0 Å². The zero-order valence-electron chi connectivity index (χ0n) is 15.3. The van der Waals surface area contributed by atoms with E-state index in [1.54, 1.807) is 0 Å². The molecular formula is C21H27NO3. The molecule has 2 atom stereocenters. The lowest BCUT2D eigenvalue weighted by atomic mass is 9.81. The molecule has 1 saturated heterocycles. The van der Waals surface area contributed by atoms with E-state index >= 15 is 0 Å². The maximum Gasteiger partial charge on any atom is 0.417 e. The molecule has 0 bridgehead atoms. The lowest BCUT2D eigenvalue weighted by Crippen LogP contribution is -2.37. The number of nitrogens with zero attached hydrogens (tertiary/aromatic N) is 1. The summed E-state index contributed by atoms with van der Waals surface area (Å²) in [6, 6.07) is 9.17. The van der Waals surface area contributed by atoms with Gasteiger partial charge in [-0.2, -0.15) is 0 Å². The second kappa shape index (κ2) is 8.15. The van der Waals surface area contributed by atoms with Gasteiger partial charge in [0.25, 0.3) is 0 Å². The number of carbonyl (C=O) groups excluding carboxylic acids is 2. The van der Waals surface area contributed by atoms with Crippen LogP contribution in [-0.4, -0.2) is 23.5 Å². The van der Waals surface area contributed by atoms with Crippen LogP contribution in [0.3, 0.4) is 0 Å². The van der Waals surface area contributed by atoms with E-state index < -0.39 is 6.09 Å². The average molecular weight is 341 g/mol. The van der Waals surface area contributed by atoms with Crippen LogP contribution in [0.5, 0.6) is 0 Å². The standard InChI is InChI=1S/C21H27NO3/c1-5-21(4,13-9-10-16(2)3)14-19(23)22-18(15-25-20(22)24)17-11-7-6-8-12-17/h5-8,10-12,18H,1,9,13-15H2,2-4H3/t18-,21-/m1/s1. The van der Waals surface area contributed by atoms with E-state index in [0.717, 1.165) is 18.4 Å². The van der Waals surface area contributed by atoms with Gasteiger partial charge in [-0.15, -0.1) is 6.58 Å². The molecule has 1 fully saturated rings. The van der Waals surface area contributed by atoms with Crippen molar-refractivity contribution in [2.45, 2.75) is 46.1 Å². The first kappa shape index (κ1) is 19.0. The van der Waals surface area contributed by atoms with Crippen LogP contribution in [0, 0.1) is 5.41 Å². The van der Waals surface area contributed by atoms with Gasteiger partial charge in [0.05, 0.1) is 0 Å². The van der Waals surface area contributed by atoms with Gasteiger partial charge in [-0.25, -0.2) is 9.69 Å². The van der Waals surface area contributed by atoms with Crippen LogP contribution in [0.1, 0.15) is 51.6 Å². The quantitative estimate of drug-likeness (QED) is 0.653. The number of hydrogen-bond acceptors (Lipinski definition) is 3. The lowest BCUT2D eigenvalue weighted by molar-refractivity contribution is -0.131. The van der Waals surface area contributed by atoms with Gasteiger partial charge in [-0.3, -0.25) is 4.79 Å². The number of carbonyl (C=O) groups is 2. The van der Waals surface area contributed by atoms with E-state index in [4.69, 9.17) is 4.74 Å². The SMILES string of the molecule is C=C[C@](C)(CCC=C(C)C)CC(=O)N1C(=O)OC[C@@H]1c1ccccc1. The molecule has 1 aromatic rings. The zero-order chi connectivity index (χ0) is 18.4. The van der Waals surface area contributed by atoms with Crippen molar-refractivity contribution in [3.63, 3.8) is 0 Å². The van der Waals surface area contributed by atoms with Crippen LogP contribution in [0.2, 0.25) is 0 Å². The highest BCUT2D eigenvalue weighted by Gasteiger charge is 2.40. The van der Waals surface area contributed by atoms with Crippen molar-refractivity contribution in [2.24, 2.45) is 5.41 Å². The summed E-state index contributed by atoms with van der Waals surface area (Å²) >= 11 is 0. The molecular weight excluding hydrogens is 314 g/mol. The third-order valence-electron chi connectivity index (χ3n) is 4.64. The summed E-state index contributed by atoms with van der Waals surface area (Å²) in [6.07, 6.45) is 5.35. The summed E-state index contributed by atoms with van der Waals surface area (Å²) in [5.41, 5.74) is 1.81. The summed E-state index contributed by atoms with van der Waals surface area (Å²) in [7, 11) is 0. The molecule has 1 heterocycles. The minimum Gasteiger partial charge on any atom is -0.446 e. The van der Waals surface area contributed by atoms with Gasteiger partial charge in [-0.1, -0.05) is 55.0 Å². The second-order valence-electron chi connectivity index (χ2n) is 7.12. The molecule has 0 aromatic heterocycles. The fourth-order valence-electron chi connectivity index (χ4n) is 3.00. The van der Waals surface area contributed by atoms with Crippen LogP contribution in [0.15, 0.2) is 54.6 Å². The van der Waals surface area contributed by atoms with Crippen molar-refractivity contribution >= 4 is 12.0 Å². The monoisotopic (exact) mass is 341 g/mol. The molecule has 2 rings (SSSR count). The fourth-order valence-corrected chi connectivity index (χ4v) is 3.00. The van der Waals surface area contributed by atoms with Crippen LogP contribution >= 0.6 is 0 Å². The Morgan fingerprint density at radius 3 is 2.64 bits per heavy atom. The normalized spacial score (nSPS) is 19.1. The summed E-state index contributed by atoms with van der Waals surface area (Å²) < 4.78 is 5.15. The molecule has 0 saturated carbocycles. The summed E-state index contributed by atoms with van der Waals surface area (Å²) in [5.74, 6) is -0.212. The van der Waals surface area contributed by atoms with Gasteiger partial charge in [0, 0.05) is 6.42 Å². The van der Waals surface area contributed by atoms with Crippen molar-refractivity contribution in [2.75, 3.05) is 6.61 Å². The second-order valence-corrected chi connectivity index (χ2v) is 7.12. The first-order valence-electron chi connectivity index (χ1n) is 8.67. The zero-order valence-corrected chi connectivity index (χ0v) is 15.3. The molecule has 4 heteroatoms. The molecule has 1 aliphatic heterocycles. The van der Waals surface area contributed by atoms with Crippen molar-refractivity contribution in [1.29, 1.82) is 0 Å². The van der Waals surface area contributed by atoms with Crippen molar-refractivity contribution in [3.05, 3.63) is 60.2 Å². The highest BCUT2D eigenvalue weighted by atomic mass is 16.6. The van der Waals surface area contributed by atoms with E-state index in [9.17, 15) is 9.59 Å². The van der Waals surface area contributed by atoms with Crippen molar-refractivity contribution < 1.29 is 14.3 Å². The molecule has 1 aromatic carbocycles. The number of benzene rings is 1. The molecule has 0 spiro atoms.